The normalized spacial score (nSPS) is 15.4. The van der Waals surface area contributed by atoms with Gasteiger partial charge in [0, 0.05) is 19.1 Å². The topological polar surface area (TPSA) is 15.3 Å². The van der Waals surface area contributed by atoms with Gasteiger partial charge in [-0.15, -0.1) is 0 Å². The van der Waals surface area contributed by atoms with Crippen molar-refractivity contribution < 1.29 is 0 Å². The van der Waals surface area contributed by atoms with Crippen molar-refractivity contribution >= 4 is 17.3 Å². The summed E-state index contributed by atoms with van der Waals surface area (Å²) in [4.78, 5) is 2.28. The van der Waals surface area contributed by atoms with Crippen molar-refractivity contribution in [2.45, 2.75) is 39.3 Å². The van der Waals surface area contributed by atoms with Gasteiger partial charge in [-0.2, -0.15) is 0 Å². The SMILES string of the molecule is CC(C)NC(=S)N1CCCc2ccccc2C1. The molecule has 1 N–H and O–H groups in total. The number of benzene rings is 1. The fourth-order valence-corrected chi connectivity index (χ4v) is 2.60. The molecule has 0 bridgehead atoms. The van der Waals surface area contributed by atoms with Crippen molar-refractivity contribution in [1.29, 1.82) is 0 Å². The molecule has 0 saturated heterocycles. The number of nitrogens with zero attached hydrogens (tertiary/aromatic N) is 1. The molecular formula is C14H20N2S. The van der Waals surface area contributed by atoms with Gasteiger partial charge in [-0.25, -0.2) is 0 Å². The van der Waals surface area contributed by atoms with Gasteiger partial charge in [0.1, 0.15) is 0 Å². The van der Waals surface area contributed by atoms with Crippen LogP contribution in [0.5, 0.6) is 0 Å². The molecule has 0 fully saturated rings. The summed E-state index contributed by atoms with van der Waals surface area (Å²) in [6, 6.07) is 9.09. The number of fused-ring (bicyclic) bond motifs is 1. The lowest BCUT2D eigenvalue weighted by molar-refractivity contribution is 0.405. The molecule has 0 radical (unpaired) electrons. The van der Waals surface area contributed by atoms with Crippen LogP contribution in [-0.2, 0) is 13.0 Å². The molecule has 3 heteroatoms. The van der Waals surface area contributed by atoms with Gasteiger partial charge in [0.25, 0.3) is 0 Å². The number of hydrogen-bond donors (Lipinski definition) is 1. The lowest BCUT2D eigenvalue weighted by atomic mass is 10.0. The summed E-state index contributed by atoms with van der Waals surface area (Å²) in [7, 11) is 0. The monoisotopic (exact) mass is 248 g/mol. The van der Waals surface area contributed by atoms with Gasteiger partial charge in [0.2, 0.25) is 0 Å². The van der Waals surface area contributed by atoms with Crippen LogP contribution >= 0.6 is 12.2 Å². The van der Waals surface area contributed by atoms with E-state index in [1.54, 1.807) is 0 Å². The molecule has 0 amide bonds. The highest BCUT2D eigenvalue weighted by atomic mass is 32.1. The molecule has 0 atom stereocenters. The van der Waals surface area contributed by atoms with E-state index in [4.69, 9.17) is 12.2 Å². The van der Waals surface area contributed by atoms with Crippen LogP contribution < -0.4 is 5.32 Å². The molecule has 1 aliphatic rings. The van der Waals surface area contributed by atoms with Crippen LogP contribution in [0.1, 0.15) is 31.4 Å². The van der Waals surface area contributed by atoms with Crippen LogP contribution in [0.15, 0.2) is 24.3 Å². The summed E-state index contributed by atoms with van der Waals surface area (Å²) in [5.74, 6) is 0. The van der Waals surface area contributed by atoms with E-state index in [1.807, 2.05) is 0 Å². The zero-order valence-corrected chi connectivity index (χ0v) is 11.4. The minimum absolute atomic E-state index is 0.404. The van der Waals surface area contributed by atoms with E-state index in [-0.39, 0.29) is 0 Å². The van der Waals surface area contributed by atoms with E-state index in [1.165, 1.54) is 17.5 Å². The predicted molar refractivity (Wildman–Crippen MR) is 76.0 cm³/mol. The first kappa shape index (κ1) is 12.4. The number of nitrogens with one attached hydrogen (secondary N) is 1. The fraction of sp³-hybridized carbons (Fsp3) is 0.500. The van der Waals surface area contributed by atoms with Crippen molar-refractivity contribution in [3.8, 4) is 0 Å². The zero-order chi connectivity index (χ0) is 12.3. The first-order chi connectivity index (χ1) is 8.16. The molecule has 2 rings (SSSR count). The maximum atomic E-state index is 5.45. The molecule has 2 nitrogen and oxygen atoms in total. The summed E-state index contributed by atoms with van der Waals surface area (Å²) in [6.45, 7) is 6.23. The maximum Gasteiger partial charge on any atom is 0.169 e. The van der Waals surface area contributed by atoms with Gasteiger partial charge in [0.05, 0.1) is 0 Å². The number of thiocarbonyl (C=S) groups is 1. The van der Waals surface area contributed by atoms with E-state index in [2.05, 4.69) is 48.3 Å². The Morgan fingerprint density at radius 2 is 2.00 bits per heavy atom. The Morgan fingerprint density at radius 3 is 2.71 bits per heavy atom. The summed E-state index contributed by atoms with van der Waals surface area (Å²) < 4.78 is 0. The highest BCUT2D eigenvalue weighted by molar-refractivity contribution is 7.80. The first-order valence-electron chi connectivity index (χ1n) is 6.29. The van der Waals surface area contributed by atoms with E-state index >= 15 is 0 Å². The van der Waals surface area contributed by atoms with E-state index in [0.717, 1.165) is 24.6 Å². The first-order valence-corrected chi connectivity index (χ1v) is 6.70. The molecule has 1 heterocycles. The summed E-state index contributed by atoms with van der Waals surface area (Å²) in [6.07, 6.45) is 2.34. The third-order valence-electron chi connectivity index (χ3n) is 3.05. The van der Waals surface area contributed by atoms with E-state index < -0.39 is 0 Å². The average molecular weight is 248 g/mol. The molecule has 1 aliphatic heterocycles. The van der Waals surface area contributed by atoms with Crippen molar-refractivity contribution in [2.24, 2.45) is 0 Å². The third kappa shape index (κ3) is 3.19. The molecule has 1 aromatic carbocycles. The second-order valence-corrected chi connectivity index (χ2v) is 5.28. The fourth-order valence-electron chi connectivity index (χ4n) is 2.21. The van der Waals surface area contributed by atoms with Crippen LogP contribution in [0, 0.1) is 0 Å². The van der Waals surface area contributed by atoms with Gasteiger partial charge in [-0.1, -0.05) is 24.3 Å². The maximum absolute atomic E-state index is 5.45. The van der Waals surface area contributed by atoms with Crippen molar-refractivity contribution in [1.82, 2.24) is 10.2 Å². The summed E-state index contributed by atoms with van der Waals surface area (Å²) in [5.41, 5.74) is 2.89. The van der Waals surface area contributed by atoms with Crippen molar-refractivity contribution in [2.75, 3.05) is 6.54 Å². The standard InChI is InChI=1S/C14H20N2S/c1-11(2)15-14(17)16-9-5-8-12-6-3-4-7-13(12)10-16/h3-4,6-7,11H,5,8-10H2,1-2H3,(H,15,17). The van der Waals surface area contributed by atoms with Crippen LogP contribution in [0.25, 0.3) is 0 Å². The summed E-state index contributed by atoms with van der Waals surface area (Å²) >= 11 is 5.45. The molecule has 0 aliphatic carbocycles. The smallest absolute Gasteiger partial charge is 0.169 e. The molecule has 0 unspecified atom stereocenters. The van der Waals surface area contributed by atoms with Gasteiger partial charge in [0.15, 0.2) is 5.11 Å². The third-order valence-corrected chi connectivity index (χ3v) is 3.43. The molecule has 17 heavy (non-hydrogen) atoms. The molecule has 0 spiro atoms. The van der Waals surface area contributed by atoms with Gasteiger partial charge < -0.3 is 10.2 Å². The van der Waals surface area contributed by atoms with Crippen molar-refractivity contribution in [3.63, 3.8) is 0 Å². The number of rotatable bonds is 1. The Balaban J connectivity index is 2.10. The highest BCUT2D eigenvalue weighted by Gasteiger charge is 2.16. The second kappa shape index (κ2) is 5.50. The second-order valence-electron chi connectivity index (χ2n) is 4.90. The Labute approximate surface area is 109 Å². The highest BCUT2D eigenvalue weighted by Crippen LogP contribution is 2.18. The van der Waals surface area contributed by atoms with Gasteiger partial charge in [-0.05, 0) is 50.0 Å². The minimum atomic E-state index is 0.404. The Hall–Kier alpha value is -1.09. The Bertz CT molecular complexity index is 401. The Morgan fingerprint density at radius 1 is 1.29 bits per heavy atom. The lowest BCUT2D eigenvalue weighted by Crippen LogP contribution is -2.42. The van der Waals surface area contributed by atoms with E-state index in [9.17, 15) is 0 Å². The average Bonchev–Trinajstić information content (AvgIpc) is 2.49. The van der Waals surface area contributed by atoms with Crippen molar-refractivity contribution in [3.05, 3.63) is 35.4 Å². The quantitative estimate of drug-likeness (QED) is 0.769. The molecule has 92 valence electrons. The summed E-state index contributed by atoms with van der Waals surface area (Å²) in [5, 5.41) is 4.21. The number of hydrogen-bond acceptors (Lipinski definition) is 1. The molecule has 1 aromatic rings. The van der Waals surface area contributed by atoms with Crippen LogP contribution in [0.3, 0.4) is 0 Å². The van der Waals surface area contributed by atoms with E-state index in [0.29, 0.717) is 6.04 Å². The van der Waals surface area contributed by atoms with Gasteiger partial charge in [-0.3, -0.25) is 0 Å². The van der Waals surface area contributed by atoms with Crippen LogP contribution in [-0.4, -0.2) is 22.6 Å². The Kier molecular flexibility index (Phi) is 4.00. The lowest BCUT2D eigenvalue weighted by Gasteiger charge is -2.25. The van der Waals surface area contributed by atoms with Gasteiger partial charge >= 0.3 is 0 Å². The zero-order valence-electron chi connectivity index (χ0n) is 10.6. The van der Waals surface area contributed by atoms with Crippen LogP contribution in [0.4, 0.5) is 0 Å². The number of aryl methyl sites for hydroxylation is 1. The predicted octanol–water partition coefficient (Wildman–Crippen LogP) is 2.72. The minimum Gasteiger partial charge on any atom is -0.360 e. The van der Waals surface area contributed by atoms with Crippen LogP contribution in [0.2, 0.25) is 0 Å². The largest absolute Gasteiger partial charge is 0.360 e. The molecule has 0 aromatic heterocycles. The molecular weight excluding hydrogens is 228 g/mol. The molecule has 0 saturated carbocycles.